The first-order valence-electron chi connectivity index (χ1n) is 17.6. The minimum Gasteiger partial charge on any atom is -0.424 e. The van der Waals surface area contributed by atoms with Crippen molar-refractivity contribution in [2.24, 2.45) is 17.8 Å². The molecule has 7 nitrogen and oxygen atoms in total. The Morgan fingerprint density at radius 2 is 1.78 bits per heavy atom. The molecule has 2 aliphatic carbocycles. The topological polar surface area (TPSA) is 94.5 Å². The van der Waals surface area contributed by atoms with Gasteiger partial charge in [-0.3, -0.25) is 0 Å². The van der Waals surface area contributed by atoms with Crippen molar-refractivity contribution in [1.29, 1.82) is 0 Å². The molecule has 258 valence electrons. The summed E-state index contributed by atoms with van der Waals surface area (Å²) in [7, 11) is 0. The van der Waals surface area contributed by atoms with Gasteiger partial charge in [-0.25, -0.2) is 4.79 Å². The number of hydrogen-bond donors (Lipinski definition) is 2. The van der Waals surface area contributed by atoms with Crippen molar-refractivity contribution < 1.29 is 34.0 Å². The van der Waals surface area contributed by atoms with Crippen molar-refractivity contribution >= 4 is 5.97 Å². The molecule has 7 heteroatoms. The first kappa shape index (κ1) is 36.9. The summed E-state index contributed by atoms with van der Waals surface area (Å²) in [6, 6.07) is 7.42. The first-order chi connectivity index (χ1) is 21.3. The van der Waals surface area contributed by atoms with Crippen LogP contribution in [0.1, 0.15) is 133 Å². The van der Waals surface area contributed by atoms with E-state index in [1.54, 1.807) is 12.1 Å². The van der Waals surface area contributed by atoms with E-state index in [0.29, 0.717) is 30.6 Å². The largest absolute Gasteiger partial charge is 0.424 e. The predicted octanol–water partition coefficient (Wildman–Crippen LogP) is 8.07. The highest BCUT2D eigenvalue weighted by atomic mass is 16.6. The van der Waals surface area contributed by atoms with Gasteiger partial charge < -0.3 is 24.4 Å². The normalized spacial score (nSPS) is 33.9. The maximum absolute atomic E-state index is 13.4. The molecule has 1 aromatic carbocycles. The third kappa shape index (κ3) is 7.54. The van der Waals surface area contributed by atoms with E-state index in [2.05, 4.69) is 61.5 Å². The van der Waals surface area contributed by atoms with Gasteiger partial charge in [-0.05, 0) is 101 Å². The minimum absolute atomic E-state index is 0.0609. The van der Waals surface area contributed by atoms with E-state index >= 15 is 0 Å². The Balaban J connectivity index is 1.64. The monoisotopic (exact) mass is 641 g/mol. The van der Waals surface area contributed by atoms with Crippen LogP contribution < -0.4 is 4.74 Å². The molecule has 4 rings (SSSR count). The van der Waals surface area contributed by atoms with E-state index < -0.39 is 35.0 Å². The van der Waals surface area contributed by atoms with Crippen LogP contribution in [0.25, 0.3) is 0 Å². The van der Waals surface area contributed by atoms with Crippen LogP contribution in [0, 0.1) is 23.9 Å². The van der Waals surface area contributed by atoms with Gasteiger partial charge in [0.1, 0.15) is 30.5 Å². The van der Waals surface area contributed by atoms with E-state index in [4.69, 9.17) is 18.9 Å². The molecule has 0 amide bonds. The van der Waals surface area contributed by atoms with Crippen molar-refractivity contribution in [1.82, 2.24) is 0 Å². The lowest BCUT2D eigenvalue weighted by atomic mass is 9.68. The Kier molecular flexibility index (Phi) is 11.2. The number of allylic oxidation sites excluding steroid dienone is 1. The van der Waals surface area contributed by atoms with Gasteiger partial charge in [-0.1, -0.05) is 65.3 Å². The zero-order valence-corrected chi connectivity index (χ0v) is 30.3. The molecular weight excluding hydrogens is 580 g/mol. The lowest BCUT2D eigenvalue weighted by Crippen LogP contribution is -2.67. The second kappa shape index (κ2) is 13.9. The maximum Gasteiger partial charge on any atom is 0.343 e. The minimum atomic E-state index is -1.78. The summed E-state index contributed by atoms with van der Waals surface area (Å²) < 4.78 is 26.9. The zero-order valence-electron chi connectivity index (χ0n) is 30.3. The van der Waals surface area contributed by atoms with Crippen molar-refractivity contribution in [3.05, 3.63) is 47.6 Å². The highest BCUT2D eigenvalue weighted by Crippen LogP contribution is 2.53. The molecule has 3 aliphatic rings. The number of carbonyl (C=O) groups excluding carboxylic acids is 1. The van der Waals surface area contributed by atoms with Crippen LogP contribution >= 0.6 is 0 Å². The summed E-state index contributed by atoms with van der Waals surface area (Å²) in [5.41, 5.74) is -1.37. The van der Waals surface area contributed by atoms with Crippen molar-refractivity contribution in [3.63, 3.8) is 0 Å². The van der Waals surface area contributed by atoms with Crippen molar-refractivity contribution in [2.75, 3.05) is 0 Å². The number of ether oxygens (including phenoxy) is 4. The molecule has 1 aromatic rings. The SMILES string of the molecule is CC1=CCC(OC(C)C2(CCC(C)(O)C(=O)Oc3ccc(C(C)C)cc3)OC3(C)CC(C(C)C)C(O)CC3O[C+]2C)(C(C)C)CC1. The van der Waals surface area contributed by atoms with E-state index in [9.17, 15) is 15.0 Å². The Hall–Kier alpha value is -1.90. The van der Waals surface area contributed by atoms with E-state index in [0.717, 1.165) is 24.8 Å². The number of hydrogen-bond acceptors (Lipinski definition) is 7. The van der Waals surface area contributed by atoms with Crippen LogP contribution in [0.2, 0.25) is 0 Å². The fraction of sp³-hybridized carbons (Fsp3) is 0.744. The Labute approximate surface area is 278 Å². The fourth-order valence-corrected chi connectivity index (χ4v) is 7.78. The van der Waals surface area contributed by atoms with E-state index in [-0.39, 0.29) is 42.3 Å². The smallest absolute Gasteiger partial charge is 0.343 e. The Morgan fingerprint density at radius 3 is 2.33 bits per heavy atom. The molecule has 2 N–H and O–H groups in total. The number of fused-ring (bicyclic) bond motifs is 1. The maximum atomic E-state index is 13.4. The third-order valence-electron chi connectivity index (χ3n) is 11.5. The molecule has 46 heavy (non-hydrogen) atoms. The van der Waals surface area contributed by atoms with E-state index in [1.165, 1.54) is 12.5 Å². The average Bonchev–Trinajstić information content (AvgIpc) is 2.98. The van der Waals surface area contributed by atoms with Crippen LogP contribution in [0.5, 0.6) is 5.75 Å². The molecule has 0 radical (unpaired) electrons. The lowest BCUT2D eigenvalue weighted by molar-refractivity contribution is -0.330. The quantitative estimate of drug-likeness (QED) is 0.109. The lowest BCUT2D eigenvalue weighted by Gasteiger charge is -2.54. The number of aliphatic hydroxyl groups excluding tert-OH is 1. The highest BCUT2D eigenvalue weighted by molar-refractivity contribution is 5.81. The summed E-state index contributed by atoms with van der Waals surface area (Å²) >= 11 is 0. The van der Waals surface area contributed by atoms with Gasteiger partial charge in [0.05, 0.1) is 11.7 Å². The number of carbonyl (C=O) groups is 1. The summed E-state index contributed by atoms with van der Waals surface area (Å²) in [5, 5.41) is 22.6. The Bertz CT molecular complexity index is 1220. The number of rotatable bonds is 11. The molecule has 0 spiro atoms. The van der Waals surface area contributed by atoms with Gasteiger partial charge in [-0.15, -0.1) is 0 Å². The summed E-state index contributed by atoms with van der Waals surface area (Å²) in [5.74, 6) is 0.651. The van der Waals surface area contributed by atoms with Crippen LogP contribution in [-0.2, 0) is 19.0 Å². The molecule has 8 atom stereocenters. The molecule has 0 aromatic heterocycles. The summed E-state index contributed by atoms with van der Waals surface area (Å²) in [4.78, 5) is 13.4. The highest BCUT2D eigenvalue weighted by Gasteiger charge is 2.68. The van der Waals surface area contributed by atoms with Gasteiger partial charge in [-0.2, -0.15) is 4.74 Å². The molecule has 1 saturated heterocycles. The zero-order chi connectivity index (χ0) is 34.2. The van der Waals surface area contributed by atoms with Crippen LogP contribution in [0.4, 0.5) is 0 Å². The molecule has 8 unspecified atom stereocenters. The molecular formula is C39H61O7+. The molecule has 2 fully saturated rings. The van der Waals surface area contributed by atoms with Crippen molar-refractivity contribution in [2.45, 2.75) is 168 Å². The van der Waals surface area contributed by atoms with Gasteiger partial charge in [0.2, 0.25) is 0 Å². The second-order valence-corrected chi connectivity index (χ2v) is 16.0. The van der Waals surface area contributed by atoms with Gasteiger partial charge in [0.25, 0.3) is 11.7 Å². The molecule has 0 bridgehead atoms. The average molecular weight is 642 g/mol. The van der Waals surface area contributed by atoms with E-state index in [1.807, 2.05) is 26.0 Å². The van der Waals surface area contributed by atoms with Gasteiger partial charge >= 0.3 is 5.97 Å². The Morgan fingerprint density at radius 1 is 1.13 bits per heavy atom. The fourth-order valence-electron chi connectivity index (χ4n) is 7.78. The van der Waals surface area contributed by atoms with Crippen molar-refractivity contribution in [3.8, 4) is 5.75 Å². The number of benzene rings is 1. The van der Waals surface area contributed by atoms with Crippen LogP contribution in [-0.4, -0.2) is 56.9 Å². The molecule has 1 saturated carbocycles. The molecule has 1 aliphatic heterocycles. The standard InChI is InChI=1S/C39H61O7/c1-24(2)30-12-14-31(15-13-30)44-35(41)36(10,42)20-21-39(29(9)45-38(26(5)6)18-16-27(7)17-19-38)28(8)43-34-22-33(40)32(25(3)4)23-37(34,11)46-39/h12-16,24-26,29,32-34,40,42H,17-23H2,1-11H3/q+1. The van der Waals surface area contributed by atoms with Gasteiger partial charge in [0.15, 0.2) is 5.60 Å². The second-order valence-electron chi connectivity index (χ2n) is 16.0. The van der Waals surface area contributed by atoms with Gasteiger partial charge in [0, 0.05) is 12.8 Å². The van der Waals surface area contributed by atoms with Crippen LogP contribution in [0.3, 0.4) is 0 Å². The number of aliphatic hydroxyl groups is 2. The third-order valence-corrected chi connectivity index (χ3v) is 11.5. The summed E-state index contributed by atoms with van der Waals surface area (Å²) in [6.45, 7) is 22.7. The predicted molar refractivity (Wildman–Crippen MR) is 181 cm³/mol. The number of esters is 1. The summed E-state index contributed by atoms with van der Waals surface area (Å²) in [6.07, 6.45) is 5.92. The molecule has 1 heterocycles. The first-order valence-corrected chi connectivity index (χ1v) is 17.6. The van der Waals surface area contributed by atoms with Crippen LogP contribution in [0.15, 0.2) is 35.9 Å².